The highest BCUT2D eigenvalue weighted by molar-refractivity contribution is 8.19. The maximum atomic E-state index is 10.7. The maximum Gasteiger partial charge on any atom is 0.420 e. The lowest BCUT2D eigenvalue weighted by atomic mass is 10.7. The third-order valence-corrected chi connectivity index (χ3v) is 1.92. The van der Waals surface area contributed by atoms with Gasteiger partial charge in [0.05, 0.1) is 24.8 Å². The molecule has 0 aliphatic rings. The highest BCUT2D eigenvalue weighted by Crippen LogP contribution is 2.15. The summed E-state index contributed by atoms with van der Waals surface area (Å²) in [6.45, 7) is 0.377. The van der Waals surface area contributed by atoms with Gasteiger partial charge in [0.1, 0.15) is 0 Å². The molecular formula is C4H7Cl2NO2S. The standard InChI is InChI=1S/C4H7Cl2NO2S/c1-9-4(8)7(10-6)3-2-5/h2-3H2,1H3. The average Bonchev–Trinajstić information content (AvgIpc) is 1.99. The van der Waals surface area contributed by atoms with E-state index in [1.54, 1.807) is 0 Å². The molecule has 0 bridgehead atoms. The quantitative estimate of drug-likeness (QED) is 0.520. The Morgan fingerprint density at radius 3 is 2.70 bits per heavy atom. The van der Waals surface area contributed by atoms with Gasteiger partial charge in [-0.05, 0) is 10.7 Å². The van der Waals surface area contributed by atoms with Gasteiger partial charge in [0, 0.05) is 5.88 Å². The molecule has 0 spiro atoms. The molecule has 6 heteroatoms. The molecule has 1 amide bonds. The third kappa shape index (κ3) is 3.39. The minimum Gasteiger partial charge on any atom is -0.452 e. The zero-order chi connectivity index (χ0) is 7.98. The fourth-order valence-corrected chi connectivity index (χ4v) is 1.27. The molecule has 0 N–H and O–H groups in total. The Bertz CT molecular complexity index is 113. The summed E-state index contributed by atoms with van der Waals surface area (Å²) < 4.78 is 5.60. The number of ether oxygens (including phenoxy) is 1. The van der Waals surface area contributed by atoms with Gasteiger partial charge in [0.15, 0.2) is 0 Å². The monoisotopic (exact) mass is 203 g/mol. The van der Waals surface area contributed by atoms with E-state index in [0.29, 0.717) is 12.4 Å². The van der Waals surface area contributed by atoms with Crippen LogP contribution in [0.1, 0.15) is 0 Å². The summed E-state index contributed by atoms with van der Waals surface area (Å²) in [5.74, 6) is 0.342. The summed E-state index contributed by atoms with van der Waals surface area (Å²) in [5.41, 5.74) is 0. The first kappa shape index (κ1) is 10.2. The lowest BCUT2D eigenvalue weighted by Gasteiger charge is -2.13. The molecule has 60 valence electrons. The first-order valence-corrected chi connectivity index (χ1v) is 4.59. The Kier molecular flexibility index (Phi) is 6.06. The second-order valence-corrected chi connectivity index (χ2v) is 2.70. The summed E-state index contributed by atoms with van der Waals surface area (Å²) in [6, 6.07) is 0. The number of amides is 1. The zero-order valence-corrected chi connectivity index (χ0v) is 7.67. The van der Waals surface area contributed by atoms with Crippen molar-refractivity contribution >= 4 is 39.5 Å². The highest BCUT2D eigenvalue weighted by Gasteiger charge is 2.11. The smallest absolute Gasteiger partial charge is 0.420 e. The van der Waals surface area contributed by atoms with Gasteiger partial charge in [-0.1, -0.05) is 0 Å². The van der Waals surface area contributed by atoms with Gasteiger partial charge < -0.3 is 4.74 Å². The van der Waals surface area contributed by atoms with Gasteiger partial charge >= 0.3 is 6.09 Å². The second-order valence-electron chi connectivity index (χ2n) is 1.33. The lowest BCUT2D eigenvalue weighted by molar-refractivity contribution is 0.153. The van der Waals surface area contributed by atoms with E-state index in [4.69, 9.17) is 22.3 Å². The molecule has 0 aromatic carbocycles. The first-order valence-electron chi connectivity index (χ1n) is 2.46. The molecule has 0 radical (unpaired) electrons. The van der Waals surface area contributed by atoms with E-state index in [2.05, 4.69) is 4.74 Å². The van der Waals surface area contributed by atoms with Crippen LogP contribution < -0.4 is 0 Å². The van der Waals surface area contributed by atoms with Gasteiger partial charge in [0.25, 0.3) is 0 Å². The molecule has 0 saturated heterocycles. The van der Waals surface area contributed by atoms with Crippen LogP contribution in [0, 0.1) is 0 Å². The fraction of sp³-hybridized carbons (Fsp3) is 0.750. The second kappa shape index (κ2) is 5.95. The normalized spacial score (nSPS) is 9.10. The number of methoxy groups -OCH3 is 1. The lowest BCUT2D eigenvalue weighted by Crippen LogP contribution is -2.24. The van der Waals surface area contributed by atoms with Crippen LogP contribution in [0.5, 0.6) is 0 Å². The van der Waals surface area contributed by atoms with Crippen LogP contribution in [0.15, 0.2) is 0 Å². The molecule has 0 atom stereocenters. The number of hydrogen-bond acceptors (Lipinski definition) is 3. The molecule has 0 saturated carbocycles. The number of halogens is 2. The first-order chi connectivity index (χ1) is 4.76. The molecule has 10 heavy (non-hydrogen) atoms. The summed E-state index contributed by atoms with van der Waals surface area (Å²) in [6.07, 6.45) is -0.486. The van der Waals surface area contributed by atoms with Crippen molar-refractivity contribution in [1.82, 2.24) is 4.31 Å². The van der Waals surface area contributed by atoms with Crippen LogP contribution in [0.3, 0.4) is 0 Å². The van der Waals surface area contributed by atoms with E-state index in [1.807, 2.05) is 0 Å². The van der Waals surface area contributed by atoms with E-state index in [-0.39, 0.29) is 0 Å². The highest BCUT2D eigenvalue weighted by atomic mass is 35.7. The molecule has 3 nitrogen and oxygen atoms in total. The minimum absolute atomic E-state index is 0.342. The van der Waals surface area contributed by atoms with Crippen molar-refractivity contribution < 1.29 is 9.53 Å². The number of rotatable bonds is 3. The molecule has 0 rings (SSSR count). The Hall–Kier alpha value is 0.200. The predicted octanol–water partition coefficient (Wildman–Crippen LogP) is 2.10. The number of alkyl halides is 1. The van der Waals surface area contributed by atoms with E-state index in [1.165, 1.54) is 11.4 Å². The summed E-state index contributed by atoms with van der Waals surface area (Å²) in [4.78, 5) is 10.7. The van der Waals surface area contributed by atoms with Crippen molar-refractivity contribution in [2.45, 2.75) is 0 Å². The molecule has 0 aromatic heterocycles. The van der Waals surface area contributed by atoms with Crippen molar-refractivity contribution in [3.63, 3.8) is 0 Å². The molecule has 0 aliphatic carbocycles. The molecule has 0 aliphatic heterocycles. The van der Waals surface area contributed by atoms with Crippen molar-refractivity contribution in [3.8, 4) is 0 Å². The minimum atomic E-state index is -0.486. The van der Waals surface area contributed by atoms with E-state index in [9.17, 15) is 4.79 Å². The molecular weight excluding hydrogens is 197 g/mol. The van der Waals surface area contributed by atoms with Gasteiger partial charge in [-0.3, -0.25) is 0 Å². The Morgan fingerprint density at radius 1 is 1.80 bits per heavy atom. The molecule has 0 fully saturated rings. The van der Waals surface area contributed by atoms with E-state index in [0.717, 1.165) is 11.2 Å². The third-order valence-electron chi connectivity index (χ3n) is 0.749. The van der Waals surface area contributed by atoms with Gasteiger partial charge in [-0.15, -0.1) is 11.6 Å². The van der Waals surface area contributed by atoms with Crippen LogP contribution in [0.4, 0.5) is 4.79 Å². The summed E-state index contributed by atoms with van der Waals surface area (Å²) >= 11 is 6.13. The summed E-state index contributed by atoms with van der Waals surface area (Å²) in [5, 5.41) is 0. The number of hydrogen-bond donors (Lipinski definition) is 0. The molecule has 0 unspecified atom stereocenters. The van der Waals surface area contributed by atoms with Crippen LogP contribution in [0.25, 0.3) is 0 Å². The predicted molar refractivity (Wildman–Crippen MR) is 43.3 cm³/mol. The van der Waals surface area contributed by atoms with Gasteiger partial charge in [-0.25, -0.2) is 9.10 Å². The largest absolute Gasteiger partial charge is 0.452 e. The van der Waals surface area contributed by atoms with Gasteiger partial charge in [-0.2, -0.15) is 0 Å². The van der Waals surface area contributed by atoms with Crippen molar-refractivity contribution in [2.75, 3.05) is 19.5 Å². The average molecular weight is 204 g/mol. The van der Waals surface area contributed by atoms with Crippen LogP contribution >= 0.6 is 33.4 Å². The van der Waals surface area contributed by atoms with Crippen molar-refractivity contribution in [1.29, 1.82) is 0 Å². The summed E-state index contributed by atoms with van der Waals surface area (Å²) in [7, 11) is 6.59. The SMILES string of the molecule is COC(=O)N(CCCl)SCl. The number of nitrogens with zero attached hydrogens (tertiary/aromatic N) is 1. The van der Waals surface area contributed by atoms with Crippen LogP contribution in [0.2, 0.25) is 0 Å². The van der Waals surface area contributed by atoms with E-state index >= 15 is 0 Å². The van der Waals surface area contributed by atoms with Crippen LogP contribution in [-0.2, 0) is 4.74 Å². The topological polar surface area (TPSA) is 29.5 Å². The Balaban J connectivity index is 3.68. The maximum absolute atomic E-state index is 10.7. The van der Waals surface area contributed by atoms with Crippen LogP contribution in [-0.4, -0.2) is 29.9 Å². The number of carbonyl (C=O) groups is 1. The van der Waals surface area contributed by atoms with Crippen molar-refractivity contribution in [2.24, 2.45) is 0 Å². The molecule has 0 aromatic rings. The Labute approximate surface area is 73.2 Å². The number of carbonyl (C=O) groups excluding carboxylic acids is 1. The van der Waals surface area contributed by atoms with Crippen molar-refractivity contribution in [3.05, 3.63) is 0 Å². The Morgan fingerprint density at radius 2 is 2.40 bits per heavy atom. The van der Waals surface area contributed by atoms with E-state index < -0.39 is 6.09 Å². The molecule has 0 heterocycles. The zero-order valence-electron chi connectivity index (χ0n) is 5.34. The fourth-order valence-electron chi connectivity index (χ4n) is 0.333. The van der Waals surface area contributed by atoms with Gasteiger partial charge in [0.2, 0.25) is 0 Å².